The third-order valence-corrected chi connectivity index (χ3v) is 7.21. The van der Waals surface area contributed by atoms with Crippen LogP contribution in [-0.4, -0.2) is 24.7 Å². The van der Waals surface area contributed by atoms with Gasteiger partial charge in [-0.1, -0.05) is 59.8 Å². The van der Waals surface area contributed by atoms with Gasteiger partial charge in [0.2, 0.25) is 0 Å². The Balaban J connectivity index is 1.47. The summed E-state index contributed by atoms with van der Waals surface area (Å²) in [6.07, 6.45) is 0. The van der Waals surface area contributed by atoms with Gasteiger partial charge >= 0.3 is 0 Å². The molecule has 32 heavy (non-hydrogen) atoms. The summed E-state index contributed by atoms with van der Waals surface area (Å²) in [6, 6.07) is 18.3. The van der Waals surface area contributed by atoms with E-state index in [0.29, 0.717) is 17.0 Å². The molecule has 0 aliphatic rings. The van der Waals surface area contributed by atoms with Gasteiger partial charge in [-0.2, -0.15) is 0 Å². The normalized spacial score (nSPS) is 11.3. The van der Waals surface area contributed by atoms with Crippen LogP contribution in [0.4, 0.5) is 0 Å². The van der Waals surface area contributed by atoms with Crippen LogP contribution in [0.2, 0.25) is 0 Å². The van der Waals surface area contributed by atoms with Crippen LogP contribution >= 0.6 is 23.1 Å². The number of nitrogens with zero attached hydrogens (tertiary/aromatic N) is 4. The molecule has 0 spiro atoms. The third-order valence-electron chi connectivity index (χ3n) is 5.27. The number of thiophene rings is 1. The summed E-state index contributed by atoms with van der Waals surface area (Å²) < 4.78 is 2.01. The highest BCUT2D eigenvalue weighted by Gasteiger charge is 2.18. The SMILES string of the molecule is Cc1ccc(-c2c(C)sc3nc(CSc4nnc(C)n4-c4ccccc4)[nH]c(=O)c23)cc1. The molecule has 5 aromatic rings. The Morgan fingerprint density at radius 2 is 1.75 bits per heavy atom. The fourth-order valence-electron chi connectivity index (χ4n) is 3.74. The van der Waals surface area contributed by atoms with E-state index in [4.69, 9.17) is 4.98 Å². The first-order valence-corrected chi connectivity index (χ1v) is 12.0. The molecule has 0 saturated carbocycles. The van der Waals surface area contributed by atoms with Crippen molar-refractivity contribution in [1.29, 1.82) is 0 Å². The minimum atomic E-state index is -0.105. The number of H-pyrrole nitrogens is 1. The van der Waals surface area contributed by atoms with Crippen molar-refractivity contribution in [3.8, 4) is 16.8 Å². The van der Waals surface area contributed by atoms with E-state index < -0.39 is 0 Å². The molecule has 0 atom stereocenters. The molecule has 0 aliphatic carbocycles. The van der Waals surface area contributed by atoms with Gasteiger partial charge in [-0.05, 0) is 38.5 Å². The standard InChI is InChI=1S/C24H21N5OS2/c1-14-9-11-17(12-10-14)20-15(2)32-23-21(20)22(30)25-19(26-23)13-31-24-28-27-16(3)29(24)18-7-5-4-6-8-18/h4-12H,13H2,1-3H3,(H,25,26,30). The summed E-state index contributed by atoms with van der Waals surface area (Å²) in [7, 11) is 0. The number of benzene rings is 2. The number of thioether (sulfide) groups is 1. The first-order valence-electron chi connectivity index (χ1n) is 10.2. The van der Waals surface area contributed by atoms with E-state index >= 15 is 0 Å². The minimum absolute atomic E-state index is 0.105. The van der Waals surface area contributed by atoms with Gasteiger partial charge in [0.05, 0.1) is 11.1 Å². The molecule has 2 aromatic carbocycles. The lowest BCUT2D eigenvalue weighted by Gasteiger charge is -2.08. The highest BCUT2D eigenvalue weighted by Crippen LogP contribution is 2.36. The first kappa shape index (κ1) is 20.7. The highest BCUT2D eigenvalue weighted by molar-refractivity contribution is 7.98. The Bertz CT molecular complexity index is 1470. The Kier molecular flexibility index (Phi) is 5.40. The summed E-state index contributed by atoms with van der Waals surface area (Å²) >= 11 is 3.06. The van der Waals surface area contributed by atoms with Crippen molar-refractivity contribution >= 4 is 33.3 Å². The number of hydrogen-bond donors (Lipinski definition) is 1. The van der Waals surface area contributed by atoms with Crippen LogP contribution < -0.4 is 5.56 Å². The van der Waals surface area contributed by atoms with E-state index in [1.54, 1.807) is 11.3 Å². The molecular formula is C24H21N5OS2. The van der Waals surface area contributed by atoms with Crippen molar-refractivity contribution in [3.05, 3.63) is 87.0 Å². The molecule has 160 valence electrons. The predicted octanol–water partition coefficient (Wildman–Crippen LogP) is 5.45. The molecule has 0 aliphatic heterocycles. The van der Waals surface area contributed by atoms with Crippen LogP contribution in [0.5, 0.6) is 0 Å². The lowest BCUT2D eigenvalue weighted by molar-refractivity contribution is 0.866. The van der Waals surface area contributed by atoms with Crippen molar-refractivity contribution in [2.45, 2.75) is 31.7 Å². The van der Waals surface area contributed by atoms with Crippen molar-refractivity contribution in [3.63, 3.8) is 0 Å². The summed E-state index contributed by atoms with van der Waals surface area (Å²) in [5.74, 6) is 1.93. The van der Waals surface area contributed by atoms with Crippen LogP contribution in [0.3, 0.4) is 0 Å². The lowest BCUT2D eigenvalue weighted by atomic mass is 10.0. The van der Waals surface area contributed by atoms with Gasteiger partial charge in [0, 0.05) is 16.1 Å². The average molecular weight is 460 g/mol. The largest absolute Gasteiger partial charge is 0.309 e. The van der Waals surface area contributed by atoms with Gasteiger partial charge in [-0.25, -0.2) is 4.98 Å². The van der Waals surface area contributed by atoms with E-state index in [9.17, 15) is 4.79 Å². The van der Waals surface area contributed by atoms with Gasteiger partial charge in [-0.3, -0.25) is 9.36 Å². The Morgan fingerprint density at radius 3 is 2.50 bits per heavy atom. The molecular weight excluding hydrogens is 438 g/mol. The van der Waals surface area contributed by atoms with Crippen LogP contribution in [-0.2, 0) is 5.75 Å². The zero-order valence-electron chi connectivity index (χ0n) is 17.9. The molecule has 0 unspecified atom stereocenters. The van der Waals surface area contributed by atoms with E-state index in [0.717, 1.165) is 37.5 Å². The van der Waals surface area contributed by atoms with Gasteiger partial charge in [0.1, 0.15) is 16.5 Å². The molecule has 6 nitrogen and oxygen atoms in total. The summed E-state index contributed by atoms with van der Waals surface area (Å²) in [4.78, 5) is 22.7. The summed E-state index contributed by atoms with van der Waals surface area (Å²) in [6.45, 7) is 6.03. The first-order chi connectivity index (χ1) is 15.5. The van der Waals surface area contributed by atoms with E-state index in [1.165, 1.54) is 17.3 Å². The Morgan fingerprint density at radius 1 is 1.00 bits per heavy atom. The zero-order chi connectivity index (χ0) is 22.2. The van der Waals surface area contributed by atoms with Crippen molar-refractivity contribution < 1.29 is 0 Å². The van der Waals surface area contributed by atoms with Gasteiger partial charge in [0.15, 0.2) is 5.16 Å². The molecule has 8 heteroatoms. The number of fused-ring (bicyclic) bond motifs is 1. The number of rotatable bonds is 5. The van der Waals surface area contributed by atoms with Crippen molar-refractivity contribution in [2.75, 3.05) is 0 Å². The number of nitrogens with one attached hydrogen (secondary N) is 1. The Hall–Kier alpha value is -3.23. The van der Waals surface area contributed by atoms with Crippen LogP contribution in [0.1, 0.15) is 22.1 Å². The second-order valence-corrected chi connectivity index (χ2v) is 9.73. The van der Waals surface area contributed by atoms with Gasteiger partial charge in [0.25, 0.3) is 5.56 Å². The lowest BCUT2D eigenvalue weighted by Crippen LogP contribution is -2.11. The highest BCUT2D eigenvalue weighted by atomic mass is 32.2. The predicted molar refractivity (Wildman–Crippen MR) is 131 cm³/mol. The molecule has 0 radical (unpaired) electrons. The van der Waals surface area contributed by atoms with Crippen LogP contribution in [0, 0.1) is 20.8 Å². The quantitative estimate of drug-likeness (QED) is 0.354. The van der Waals surface area contributed by atoms with Crippen LogP contribution in [0.25, 0.3) is 27.0 Å². The molecule has 0 fully saturated rings. The van der Waals surface area contributed by atoms with Crippen molar-refractivity contribution in [1.82, 2.24) is 24.7 Å². The molecule has 1 N–H and O–H groups in total. The average Bonchev–Trinajstić information content (AvgIpc) is 3.32. The number of aromatic nitrogens is 5. The van der Waals surface area contributed by atoms with E-state index in [1.807, 2.05) is 48.7 Å². The monoisotopic (exact) mass is 459 g/mol. The van der Waals surface area contributed by atoms with Crippen LogP contribution in [0.15, 0.2) is 64.5 Å². The fourth-order valence-corrected chi connectivity index (χ4v) is 5.68. The number of para-hydroxylation sites is 1. The van der Waals surface area contributed by atoms with E-state index in [2.05, 4.69) is 46.4 Å². The molecule has 3 heterocycles. The molecule has 5 rings (SSSR count). The maximum Gasteiger partial charge on any atom is 0.260 e. The number of aryl methyl sites for hydroxylation is 3. The smallest absolute Gasteiger partial charge is 0.260 e. The maximum atomic E-state index is 13.0. The van der Waals surface area contributed by atoms with E-state index in [-0.39, 0.29) is 5.56 Å². The second kappa shape index (κ2) is 8.37. The summed E-state index contributed by atoms with van der Waals surface area (Å²) in [5, 5.41) is 9.97. The second-order valence-electron chi connectivity index (χ2n) is 7.58. The minimum Gasteiger partial charge on any atom is -0.309 e. The van der Waals surface area contributed by atoms with Gasteiger partial charge in [-0.15, -0.1) is 21.5 Å². The summed E-state index contributed by atoms with van der Waals surface area (Å²) in [5.41, 5.74) is 4.10. The molecule has 0 bridgehead atoms. The van der Waals surface area contributed by atoms with Gasteiger partial charge < -0.3 is 4.98 Å². The fraction of sp³-hybridized carbons (Fsp3) is 0.167. The topological polar surface area (TPSA) is 76.5 Å². The molecule has 3 aromatic heterocycles. The maximum absolute atomic E-state index is 13.0. The molecule has 0 saturated heterocycles. The Labute approximate surface area is 193 Å². The zero-order valence-corrected chi connectivity index (χ0v) is 19.5. The van der Waals surface area contributed by atoms with Crippen molar-refractivity contribution in [2.24, 2.45) is 0 Å². The third kappa shape index (κ3) is 3.76. The molecule has 0 amide bonds. The number of hydrogen-bond acceptors (Lipinski definition) is 6. The number of aromatic amines is 1.